The van der Waals surface area contributed by atoms with Gasteiger partial charge in [0.05, 0.1) is 0 Å². The Balaban J connectivity index is 0.000000995. The Kier molecular flexibility index (Phi) is 26.2. The van der Waals surface area contributed by atoms with Crippen molar-refractivity contribution in [1.82, 2.24) is 0 Å². The number of fused-ring (bicyclic) bond motifs is 14. The molecule has 0 bridgehead atoms. The zero-order chi connectivity index (χ0) is 44.9. The molecule has 2 heterocycles. The topological polar surface area (TPSA) is 391 Å². The number of hydrogen-bond acceptors (Lipinski definition) is 14. The Morgan fingerprint density at radius 3 is 0.746 bits per heavy atom. The molecule has 0 atom stereocenters. The van der Waals surface area contributed by atoms with Crippen molar-refractivity contribution >= 4 is 58.7 Å². The van der Waals surface area contributed by atoms with Gasteiger partial charge in [-0.1, -0.05) is 121 Å². The second kappa shape index (κ2) is 28.6. The Morgan fingerprint density at radius 2 is 0.567 bits per heavy atom. The number of hydrogen-bond donors (Lipinski definition) is 6. The van der Waals surface area contributed by atoms with Crippen molar-refractivity contribution in [2.45, 2.75) is 0 Å². The summed E-state index contributed by atoms with van der Waals surface area (Å²) >= 11 is 0. The summed E-state index contributed by atoms with van der Waals surface area (Å²) < 4.78 is 45.5. The third-order valence-corrected chi connectivity index (χ3v) is 10.9. The van der Waals surface area contributed by atoms with E-state index in [0.29, 0.717) is 26.2 Å². The van der Waals surface area contributed by atoms with Crippen LogP contribution in [0.1, 0.15) is 0 Å². The summed E-state index contributed by atoms with van der Waals surface area (Å²) in [4.78, 5) is 24.5. The van der Waals surface area contributed by atoms with Crippen LogP contribution in [0.15, 0.2) is 146 Å². The molecule has 20 N–H and O–H groups in total. The maximum absolute atomic E-state index is 12.3. The molecule has 0 radical (unpaired) electrons. The average Bonchev–Trinajstić information content (AvgIpc) is 3.52. The van der Waals surface area contributed by atoms with Gasteiger partial charge in [-0.2, -0.15) is 0 Å². The molecule has 0 aromatic heterocycles. The van der Waals surface area contributed by atoms with Gasteiger partial charge in [0.1, 0.15) is 23.0 Å². The van der Waals surface area contributed by atoms with E-state index >= 15 is 0 Å². The normalized spacial score (nSPS) is 12.2. The quantitative estimate of drug-likeness (QED) is 0.0822. The number of aliphatic hydroxyl groups excluding tert-OH is 2. The van der Waals surface area contributed by atoms with E-state index in [2.05, 4.69) is 0 Å². The molecule has 0 saturated carbocycles. The molecule has 0 aliphatic carbocycles. The van der Waals surface area contributed by atoms with Crippen LogP contribution in [-0.4, -0.2) is 61.6 Å². The maximum Gasteiger partial charge on any atom is 2.00 e. The van der Waals surface area contributed by atoms with Gasteiger partial charge in [-0.25, -0.2) is 9.13 Å². The van der Waals surface area contributed by atoms with Crippen molar-refractivity contribution in [3.63, 3.8) is 0 Å². The van der Waals surface area contributed by atoms with Crippen LogP contribution in [0, 0.1) is 0 Å². The molecule has 0 saturated heterocycles. The van der Waals surface area contributed by atoms with Crippen LogP contribution in [0.4, 0.5) is 0 Å². The molecule has 0 amide bonds. The molecule has 0 spiro atoms. The second-order valence-electron chi connectivity index (χ2n) is 13.1. The molecule has 21 heteroatoms. The van der Waals surface area contributed by atoms with E-state index in [0.717, 1.165) is 79.6 Å². The largest absolute Gasteiger partial charge is 2.00 e. The van der Waals surface area contributed by atoms with Gasteiger partial charge in [-0.3, -0.25) is 0 Å². The molecule has 364 valence electrons. The smallest absolute Gasteiger partial charge is 0.736 e. The van der Waals surface area contributed by atoms with E-state index in [9.17, 15) is 18.9 Å². The fourth-order valence-corrected chi connectivity index (χ4v) is 8.51. The first-order valence-corrected chi connectivity index (χ1v) is 22.2. The van der Waals surface area contributed by atoms with Crippen molar-refractivity contribution in [3.05, 3.63) is 146 Å². The monoisotopic (exact) mass is 1010 g/mol. The molecule has 0 unspecified atom stereocenters. The summed E-state index contributed by atoms with van der Waals surface area (Å²) in [5, 5.41) is 21.7. The number of aliphatic hydroxyl groups is 2. The zero-order valence-electron chi connectivity index (χ0n) is 36.5. The first-order valence-electron chi connectivity index (χ1n) is 19.3. The predicted molar refractivity (Wildman–Crippen MR) is 261 cm³/mol. The maximum atomic E-state index is 12.3. The van der Waals surface area contributed by atoms with Crippen molar-refractivity contribution < 1.29 is 85.6 Å². The van der Waals surface area contributed by atoms with Gasteiger partial charge in [-0.15, -0.1) is 0 Å². The summed E-state index contributed by atoms with van der Waals surface area (Å²) in [6.45, 7) is 2.39. The molecule has 2 aliphatic heterocycles. The summed E-state index contributed by atoms with van der Waals surface area (Å²) in [5.41, 5.74) is 22.5. The molecule has 0 fully saturated rings. The number of nitrogens with two attached hydrogens (primary N) is 4. The average molecular weight is 1010 g/mol. The van der Waals surface area contributed by atoms with Crippen molar-refractivity contribution in [2.75, 3.05) is 40.4 Å². The van der Waals surface area contributed by atoms with Crippen molar-refractivity contribution in [1.29, 1.82) is 0 Å². The van der Waals surface area contributed by atoms with Gasteiger partial charge < -0.3 is 82.9 Å². The number of phosphoric acid groups is 2. The third-order valence-electron chi connectivity index (χ3n) is 9.24. The van der Waals surface area contributed by atoms with Crippen LogP contribution < -0.4 is 50.8 Å². The second-order valence-corrected chi connectivity index (χ2v) is 15.6. The predicted octanol–water partition coefficient (Wildman–Crippen LogP) is 3.33. The van der Waals surface area contributed by atoms with E-state index < -0.39 is 15.6 Å². The first kappa shape index (κ1) is 61.5. The van der Waals surface area contributed by atoms with Crippen molar-refractivity contribution in [2.24, 2.45) is 22.9 Å². The van der Waals surface area contributed by atoms with Crippen LogP contribution in [0.25, 0.3) is 65.3 Å². The Morgan fingerprint density at radius 1 is 0.388 bits per heavy atom. The summed E-state index contributed by atoms with van der Waals surface area (Å²) in [5.74, 6) is 1.14. The fourth-order valence-electron chi connectivity index (χ4n) is 6.86. The molecule has 67 heavy (non-hydrogen) atoms. The first-order chi connectivity index (χ1) is 30.1. The van der Waals surface area contributed by atoms with Gasteiger partial charge >= 0.3 is 32.1 Å². The summed E-state index contributed by atoms with van der Waals surface area (Å²) in [6, 6.07) is 45.4. The number of rotatable bonds is 2. The van der Waals surface area contributed by atoms with E-state index in [1.165, 1.54) is 0 Å². The standard InChI is InChI=1S/2C20H13O4P.2C2H8N2.2CH4O.Ni.4H2O/c2*21-25(22)23-17-11-9-13-5-1-3-7-15(13)19(17)20-16-8-4-2-6-14(16)10-12-18(20)24-25;2*3-1-2-4;2*1-2;;;;;/h2*1-12H,(H,21,22);2*1-4H2;2*2H,1H3;;4*1H2/q;;;;;;+2;;;;. The fraction of sp³-hybridized carbons (Fsp3) is 0.130. The molecule has 8 aromatic carbocycles. The molecule has 2 aliphatic rings. The Hall–Kier alpha value is -5.53. The van der Waals surface area contributed by atoms with Crippen molar-refractivity contribution in [3.8, 4) is 45.3 Å². The molecular weight excluding hydrogens is 953 g/mol. The van der Waals surface area contributed by atoms with Crippen LogP contribution in [0.3, 0.4) is 0 Å². The number of benzene rings is 8. The van der Waals surface area contributed by atoms with Crippen LogP contribution in [-0.2, 0) is 36.6 Å². The van der Waals surface area contributed by atoms with Crippen LogP contribution >= 0.6 is 15.6 Å². The number of phosphoric ester groups is 2. The Labute approximate surface area is 397 Å². The van der Waals surface area contributed by atoms with E-state index in [4.69, 9.17) is 51.2 Å². The minimum absolute atomic E-state index is 0. The SMILES string of the molecule is CO.CO.NCCN.NCCN.O.O.O=P1([O-])Oc2ccc3ccccc3c2-c2c(ccc3ccccc23)O1.O=P1([O-])Oc2ccc3ccccc3c2-c2c(ccc3ccccc23)O1.[Ni+2].[OH3+].[OH3+]. The molecular formula is C46H58N4NiO14P2+2. The Bertz CT molecular complexity index is 2520. The van der Waals surface area contributed by atoms with E-state index in [1.54, 1.807) is 24.3 Å². The van der Waals surface area contributed by atoms with E-state index in [1.807, 2.05) is 121 Å². The molecule has 10 rings (SSSR count). The summed E-state index contributed by atoms with van der Waals surface area (Å²) in [6.07, 6.45) is 0. The molecule has 8 aromatic rings. The zero-order valence-corrected chi connectivity index (χ0v) is 39.3. The van der Waals surface area contributed by atoms with E-state index in [-0.39, 0.29) is 61.4 Å². The van der Waals surface area contributed by atoms with Gasteiger partial charge in [0.15, 0.2) is 0 Å². The minimum atomic E-state index is -4.50. The van der Waals surface area contributed by atoms with Gasteiger partial charge in [0.2, 0.25) is 0 Å². The van der Waals surface area contributed by atoms with Crippen LogP contribution in [0.5, 0.6) is 23.0 Å². The summed E-state index contributed by atoms with van der Waals surface area (Å²) in [7, 11) is -7.00. The van der Waals surface area contributed by atoms with Gasteiger partial charge in [-0.05, 0) is 67.4 Å². The van der Waals surface area contributed by atoms with Gasteiger partial charge in [0, 0.05) is 62.7 Å². The third kappa shape index (κ3) is 14.2. The minimum Gasteiger partial charge on any atom is -0.736 e. The van der Waals surface area contributed by atoms with Crippen LogP contribution in [0.2, 0.25) is 0 Å². The molecule has 18 nitrogen and oxygen atoms in total. The van der Waals surface area contributed by atoms with Gasteiger partial charge in [0.25, 0.3) is 0 Å².